The molecule has 0 amide bonds. The molecule has 0 aromatic carbocycles. The third-order valence-corrected chi connectivity index (χ3v) is 1.24. The number of aromatic nitrogens is 3. The maximum Gasteiger partial charge on any atom is 0.318 e. The molecule has 1 heterocycles. The Hall–Kier alpha value is -1.52. The largest absolute Gasteiger partial charge is 0.467 e. The maximum absolute atomic E-state index is 5.46. The minimum atomic E-state index is 0.335. The predicted octanol–water partition coefficient (Wildman–Crippen LogP) is 0.0549. The fourth-order valence-electron chi connectivity index (χ4n) is 0.752. The van der Waals surface area contributed by atoms with Gasteiger partial charge in [0.1, 0.15) is 0 Å². The van der Waals surface area contributed by atoms with Gasteiger partial charge >= 0.3 is 6.01 Å². The molecule has 5 nitrogen and oxygen atoms in total. The quantitative estimate of drug-likeness (QED) is 0.625. The van der Waals surface area contributed by atoms with Crippen LogP contribution in [-0.2, 0) is 6.54 Å². The summed E-state index contributed by atoms with van der Waals surface area (Å²) in [6, 6.07) is 0.405. The lowest BCUT2D eigenvalue weighted by Crippen LogP contribution is -2.03. The summed E-state index contributed by atoms with van der Waals surface area (Å²) in [5.41, 5.74) is 5.46. The summed E-state index contributed by atoms with van der Waals surface area (Å²) in [5.74, 6) is 0.335. The Kier molecular flexibility index (Phi) is 2.10. The number of allylic oxidation sites excluding steroid dienone is 1. The van der Waals surface area contributed by atoms with Crippen molar-refractivity contribution in [2.45, 2.75) is 6.54 Å². The van der Waals surface area contributed by atoms with Crippen molar-refractivity contribution in [2.75, 3.05) is 12.8 Å². The molecule has 0 saturated heterocycles. The third-order valence-electron chi connectivity index (χ3n) is 1.24. The number of hydrogen-bond donors (Lipinski definition) is 1. The van der Waals surface area contributed by atoms with Crippen molar-refractivity contribution in [3.05, 3.63) is 12.7 Å². The smallest absolute Gasteiger partial charge is 0.318 e. The van der Waals surface area contributed by atoms with Gasteiger partial charge in [-0.3, -0.25) is 4.57 Å². The highest BCUT2D eigenvalue weighted by Crippen LogP contribution is 2.10. The molecule has 0 saturated carbocycles. The first-order valence-electron chi connectivity index (χ1n) is 3.13. The Balaban J connectivity index is 2.96. The van der Waals surface area contributed by atoms with Crippen LogP contribution in [-0.4, -0.2) is 21.9 Å². The Labute approximate surface area is 64.5 Å². The summed E-state index contributed by atoms with van der Waals surface area (Å²) in [6.45, 7) is 4.12. The Morgan fingerprint density at radius 3 is 3.00 bits per heavy atom. The average molecular weight is 154 g/mol. The Bertz CT molecular complexity index is 255. The van der Waals surface area contributed by atoms with E-state index in [1.165, 1.54) is 7.11 Å². The number of nitrogen functional groups attached to an aromatic ring is 1. The van der Waals surface area contributed by atoms with Gasteiger partial charge in [0.25, 0.3) is 0 Å². The second-order valence-electron chi connectivity index (χ2n) is 1.94. The summed E-state index contributed by atoms with van der Waals surface area (Å²) in [7, 11) is 1.52. The van der Waals surface area contributed by atoms with E-state index in [4.69, 9.17) is 10.5 Å². The van der Waals surface area contributed by atoms with E-state index < -0.39 is 0 Å². The molecule has 0 unspecified atom stereocenters. The second-order valence-corrected chi connectivity index (χ2v) is 1.94. The molecule has 0 aliphatic rings. The van der Waals surface area contributed by atoms with Crippen molar-refractivity contribution in [2.24, 2.45) is 0 Å². The molecule has 5 heteroatoms. The molecule has 0 atom stereocenters. The number of methoxy groups -OCH3 is 1. The van der Waals surface area contributed by atoms with Gasteiger partial charge in [0.05, 0.1) is 7.11 Å². The van der Waals surface area contributed by atoms with E-state index in [-0.39, 0.29) is 0 Å². The fraction of sp³-hybridized carbons (Fsp3) is 0.333. The van der Waals surface area contributed by atoms with Crippen molar-refractivity contribution < 1.29 is 4.74 Å². The highest BCUT2D eigenvalue weighted by atomic mass is 16.5. The van der Waals surface area contributed by atoms with Gasteiger partial charge in [-0.2, -0.15) is 0 Å². The summed E-state index contributed by atoms with van der Waals surface area (Å²) in [6.07, 6.45) is 1.70. The van der Waals surface area contributed by atoms with E-state index in [0.29, 0.717) is 18.5 Å². The standard InChI is InChI=1S/C6H10N4O/c1-3-4-10-5(7)8-9-6(10)11-2/h3H,1,4H2,2H3,(H2,7,8). The van der Waals surface area contributed by atoms with Gasteiger partial charge in [-0.05, 0) is 0 Å². The van der Waals surface area contributed by atoms with Crippen molar-refractivity contribution in [1.82, 2.24) is 14.8 Å². The van der Waals surface area contributed by atoms with Crippen LogP contribution in [0.1, 0.15) is 0 Å². The first kappa shape index (κ1) is 7.59. The maximum atomic E-state index is 5.46. The lowest BCUT2D eigenvalue weighted by molar-refractivity contribution is 0.361. The summed E-state index contributed by atoms with van der Waals surface area (Å²) >= 11 is 0. The molecule has 0 bridgehead atoms. The fourth-order valence-corrected chi connectivity index (χ4v) is 0.752. The molecule has 0 aliphatic carbocycles. The normalized spacial score (nSPS) is 9.55. The second kappa shape index (κ2) is 3.05. The number of anilines is 1. The molecule has 0 radical (unpaired) electrons. The van der Waals surface area contributed by atoms with E-state index in [0.717, 1.165) is 0 Å². The predicted molar refractivity (Wildman–Crippen MR) is 41.2 cm³/mol. The molecule has 1 rings (SSSR count). The molecule has 11 heavy (non-hydrogen) atoms. The van der Waals surface area contributed by atoms with Crippen LogP contribution in [0.15, 0.2) is 12.7 Å². The van der Waals surface area contributed by atoms with Gasteiger partial charge in [0.15, 0.2) is 0 Å². The van der Waals surface area contributed by atoms with Crippen LogP contribution < -0.4 is 10.5 Å². The van der Waals surface area contributed by atoms with Gasteiger partial charge < -0.3 is 10.5 Å². The monoisotopic (exact) mass is 154 g/mol. The van der Waals surface area contributed by atoms with Gasteiger partial charge in [-0.25, -0.2) is 0 Å². The first-order chi connectivity index (χ1) is 5.29. The van der Waals surface area contributed by atoms with Crippen molar-refractivity contribution >= 4 is 5.95 Å². The average Bonchev–Trinajstić information content (AvgIpc) is 2.34. The van der Waals surface area contributed by atoms with E-state index in [1.54, 1.807) is 10.6 Å². The van der Waals surface area contributed by atoms with Gasteiger partial charge in [0.2, 0.25) is 5.95 Å². The van der Waals surface area contributed by atoms with E-state index in [1.807, 2.05) is 0 Å². The number of nitrogens with two attached hydrogens (primary N) is 1. The van der Waals surface area contributed by atoms with Crippen LogP contribution in [0.3, 0.4) is 0 Å². The lowest BCUT2D eigenvalue weighted by Gasteiger charge is -2.01. The molecule has 0 spiro atoms. The highest BCUT2D eigenvalue weighted by molar-refractivity contribution is 5.20. The van der Waals surface area contributed by atoms with Crippen molar-refractivity contribution in [1.29, 1.82) is 0 Å². The van der Waals surface area contributed by atoms with E-state index in [9.17, 15) is 0 Å². The molecular formula is C6H10N4O. The topological polar surface area (TPSA) is 66.0 Å². The summed E-state index contributed by atoms with van der Waals surface area (Å²) in [5, 5.41) is 7.29. The molecule has 0 fully saturated rings. The Morgan fingerprint density at radius 1 is 1.73 bits per heavy atom. The zero-order chi connectivity index (χ0) is 8.27. The van der Waals surface area contributed by atoms with Gasteiger partial charge in [0, 0.05) is 6.54 Å². The lowest BCUT2D eigenvalue weighted by atomic mass is 10.6. The highest BCUT2D eigenvalue weighted by Gasteiger charge is 2.06. The Morgan fingerprint density at radius 2 is 2.45 bits per heavy atom. The van der Waals surface area contributed by atoms with E-state index in [2.05, 4.69) is 16.8 Å². The van der Waals surface area contributed by atoms with Crippen LogP contribution in [0.2, 0.25) is 0 Å². The van der Waals surface area contributed by atoms with Crippen molar-refractivity contribution in [3.8, 4) is 6.01 Å². The summed E-state index contributed by atoms with van der Waals surface area (Å²) in [4.78, 5) is 0. The van der Waals surface area contributed by atoms with Crippen LogP contribution in [0.25, 0.3) is 0 Å². The first-order valence-corrected chi connectivity index (χ1v) is 3.13. The number of rotatable bonds is 3. The third kappa shape index (κ3) is 1.31. The molecule has 1 aromatic heterocycles. The van der Waals surface area contributed by atoms with Crippen LogP contribution in [0, 0.1) is 0 Å². The van der Waals surface area contributed by atoms with E-state index >= 15 is 0 Å². The zero-order valence-electron chi connectivity index (χ0n) is 6.32. The van der Waals surface area contributed by atoms with Gasteiger partial charge in [-0.1, -0.05) is 11.2 Å². The molecule has 1 aromatic rings. The molecule has 2 N–H and O–H groups in total. The van der Waals surface area contributed by atoms with Crippen LogP contribution >= 0.6 is 0 Å². The molecular weight excluding hydrogens is 144 g/mol. The van der Waals surface area contributed by atoms with Crippen LogP contribution in [0.4, 0.5) is 5.95 Å². The number of ether oxygens (including phenoxy) is 1. The zero-order valence-corrected chi connectivity index (χ0v) is 6.32. The van der Waals surface area contributed by atoms with Gasteiger partial charge in [-0.15, -0.1) is 11.7 Å². The number of hydrogen-bond acceptors (Lipinski definition) is 4. The molecule has 0 aliphatic heterocycles. The summed E-state index contributed by atoms with van der Waals surface area (Å²) < 4.78 is 6.50. The number of nitrogens with zero attached hydrogens (tertiary/aromatic N) is 3. The van der Waals surface area contributed by atoms with Crippen molar-refractivity contribution in [3.63, 3.8) is 0 Å². The minimum absolute atomic E-state index is 0.335. The molecule has 60 valence electrons. The minimum Gasteiger partial charge on any atom is -0.467 e. The van der Waals surface area contributed by atoms with Crippen LogP contribution in [0.5, 0.6) is 6.01 Å². The SMILES string of the molecule is C=CCn1c(N)nnc1OC.